The summed E-state index contributed by atoms with van der Waals surface area (Å²) in [5.41, 5.74) is 0.623. The monoisotopic (exact) mass is 414 g/mol. The molecule has 0 spiro atoms. The first-order chi connectivity index (χ1) is 8.58. The van der Waals surface area contributed by atoms with Crippen molar-refractivity contribution in [1.82, 2.24) is 10.6 Å². The molecule has 2 atom stereocenters. The van der Waals surface area contributed by atoms with Gasteiger partial charge in [0.2, 0.25) is 0 Å². The van der Waals surface area contributed by atoms with Gasteiger partial charge in [0.25, 0.3) is 5.91 Å². The second kappa shape index (κ2) is 7.67. The van der Waals surface area contributed by atoms with Crippen molar-refractivity contribution in [1.29, 1.82) is 0 Å². The lowest BCUT2D eigenvalue weighted by molar-refractivity contribution is 0.0915. The minimum Gasteiger partial charge on any atom is -0.348 e. The summed E-state index contributed by atoms with van der Waals surface area (Å²) in [6.45, 7) is 4.04. The van der Waals surface area contributed by atoms with Gasteiger partial charge in [0.05, 0.1) is 5.02 Å². The Labute approximate surface area is 138 Å². The maximum atomic E-state index is 12.1. The molecule has 19 heavy (non-hydrogen) atoms. The van der Waals surface area contributed by atoms with E-state index in [1.165, 1.54) is 0 Å². The third-order valence-corrected chi connectivity index (χ3v) is 4.90. The Morgan fingerprint density at radius 2 is 2.26 bits per heavy atom. The van der Waals surface area contributed by atoms with Gasteiger partial charge in [-0.3, -0.25) is 4.79 Å². The van der Waals surface area contributed by atoms with Crippen LogP contribution in [0.1, 0.15) is 23.7 Å². The lowest BCUT2D eigenvalue weighted by atomic mass is 9.94. The molecule has 2 N–H and O–H groups in total. The van der Waals surface area contributed by atoms with E-state index < -0.39 is 0 Å². The maximum absolute atomic E-state index is 12.1. The fourth-order valence-corrected chi connectivity index (χ4v) is 2.59. The van der Waals surface area contributed by atoms with Crippen LogP contribution in [0.5, 0.6) is 0 Å². The molecule has 0 bridgehead atoms. The van der Waals surface area contributed by atoms with Crippen molar-refractivity contribution in [2.24, 2.45) is 5.92 Å². The van der Waals surface area contributed by atoms with Crippen LogP contribution in [0.15, 0.2) is 18.2 Å². The van der Waals surface area contributed by atoms with Crippen molar-refractivity contribution in [3.05, 3.63) is 32.4 Å². The molecular formula is C13H17Cl2IN2O. The van der Waals surface area contributed by atoms with Crippen LogP contribution >= 0.6 is 46.6 Å². The number of benzene rings is 1. The van der Waals surface area contributed by atoms with E-state index in [2.05, 4.69) is 40.1 Å². The summed E-state index contributed by atoms with van der Waals surface area (Å²) in [6.07, 6.45) is 1.10. The number of piperidine rings is 1. The van der Waals surface area contributed by atoms with E-state index in [1.807, 2.05) is 12.1 Å². The summed E-state index contributed by atoms with van der Waals surface area (Å²) in [4.78, 5) is 12.1. The molecule has 1 aliphatic heterocycles. The minimum absolute atomic E-state index is 0. The summed E-state index contributed by atoms with van der Waals surface area (Å²) in [6, 6.07) is 5.59. The van der Waals surface area contributed by atoms with Gasteiger partial charge in [0.15, 0.2) is 0 Å². The zero-order valence-electron chi connectivity index (χ0n) is 10.6. The number of amides is 1. The highest BCUT2D eigenvalue weighted by Crippen LogP contribution is 2.20. The molecule has 2 unspecified atom stereocenters. The zero-order valence-corrected chi connectivity index (χ0v) is 14.3. The maximum Gasteiger partial charge on any atom is 0.251 e. The van der Waals surface area contributed by atoms with E-state index in [9.17, 15) is 4.79 Å². The molecule has 0 aliphatic carbocycles. The SMILES string of the molecule is CC1CCNCC1NC(=O)c1ccc(I)c(Cl)c1.Cl. The van der Waals surface area contributed by atoms with Crippen LogP contribution in [0.3, 0.4) is 0 Å². The van der Waals surface area contributed by atoms with Crippen molar-refractivity contribution in [3.63, 3.8) is 0 Å². The number of carbonyl (C=O) groups is 1. The predicted molar refractivity (Wildman–Crippen MR) is 89.3 cm³/mol. The molecule has 1 aromatic rings. The number of rotatable bonds is 2. The molecule has 6 heteroatoms. The van der Waals surface area contributed by atoms with E-state index >= 15 is 0 Å². The average molecular weight is 415 g/mol. The van der Waals surface area contributed by atoms with Crippen molar-refractivity contribution in [3.8, 4) is 0 Å². The predicted octanol–water partition coefficient (Wildman–Crippen LogP) is 3.09. The largest absolute Gasteiger partial charge is 0.348 e. The van der Waals surface area contributed by atoms with Crippen molar-refractivity contribution < 1.29 is 4.79 Å². The molecule has 106 valence electrons. The molecule has 0 aromatic heterocycles. The zero-order chi connectivity index (χ0) is 13.1. The molecule has 1 saturated heterocycles. The Morgan fingerprint density at radius 1 is 1.53 bits per heavy atom. The van der Waals surface area contributed by atoms with Crippen molar-refractivity contribution >= 4 is 52.5 Å². The second-order valence-electron chi connectivity index (χ2n) is 4.68. The first-order valence-corrected chi connectivity index (χ1v) is 7.50. The normalized spacial score (nSPS) is 22.5. The van der Waals surface area contributed by atoms with Gasteiger partial charge in [-0.25, -0.2) is 0 Å². The van der Waals surface area contributed by atoms with Gasteiger partial charge in [-0.2, -0.15) is 0 Å². The molecule has 2 rings (SSSR count). The summed E-state index contributed by atoms with van der Waals surface area (Å²) in [7, 11) is 0. The van der Waals surface area contributed by atoms with E-state index in [-0.39, 0.29) is 24.4 Å². The number of nitrogens with one attached hydrogen (secondary N) is 2. The minimum atomic E-state index is -0.0474. The molecule has 1 amide bonds. The van der Waals surface area contributed by atoms with Crippen LogP contribution in [0.25, 0.3) is 0 Å². The fourth-order valence-electron chi connectivity index (χ4n) is 2.07. The highest BCUT2D eigenvalue weighted by Gasteiger charge is 2.23. The van der Waals surface area contributed by atoms with Gasteiger partial charge in [-0.1, -0.05) is 18.5 Å². The van der Waals surface area contributed by atoms with Gasteiger partial charge >= 0.3 is 0 Å². The lowest BCUT2D eigenvalue weighted by Gasteiger charge is -2.30. The Morgan fingerprint density at radius 3 is 2.89 bits per heavy atom. The lowest BCUT2D eigenvalue weighted by Crippen LogP contribution is -2.50. The third-order valence-electron chi connectivity index (χ3n) is 3.33. The summed E-state index contributed by atoms with van der Waals surface area (Å²) in [5.74, 6) is 0.461. The quantitative estimate of drug-likeness (QED) is 0.730. The van der Waals surface area contributed by atoms with Gasteiger partial charge in [-0.15, -0.1) is 12.4 Å². The van der Waals surface area contributed by atoms with Gasteiger partial charge < -0.3 is 10.6 Å². The van der Waals surface area contributed by atoms with Crippen LogP contribution < -0.4 is 10.6 Å². The molecule has 1 aromatic carbocycles. The van der Waals surface area contributed by atoms with E-state index in [0.717, 1.165) is 23.1 Å². The average Bonchev–Trinajstić information content (AvgIpc) is 2.35. The molecule has 3 nitrogen and oxygen atoms in total. The summed E-state index contributed by atoms with van der Waals surface area (Å²) >= 11 is 8.18. The number of carbonyl (C=O) groups excluding carboxylic acids is 1. The third kappa shape index (κ3) is 4.48. The topological polar surface area (TPSA) is 41.1 Å². The first kappa shape index (κ1) is 17.0. The second-order valence-corrected chi connectivity index (χ2v) is 6.25. The van der Waals surface area contributed by atoms with Crippen LogP contribution in [0, 0.1) is 9.49 Å². The number of hydrogen-bond donors (Lipinski definition) is 2. The van der Waals surface area contributed by atoms with Gasteiger partial charge in [0.1, 0.15) is 0 Å². The molecule has 1 heterocycles. The van der Waals surface area contributed by atoms with Crippen molar-refractivity contribution in [2.75, 3.05) is 13.1 Å². The highest BCUT2D eigenvalue weighted by atomic mass is 127. The summed E-state index contributed by atoms with van der Waals surface area (Å²) in [5, 5.41) is 6.99. The molecule has 0 radical (unpaired) electrons. The first-order valence-electron chi connectivity index (χ1n) is 6.04. The van der Waals surface area contributed by atoms with Crippen molar-refractivity contribution in [2.45, 2.75) is 19.4 Å². The van der Waals surface area contributed by atoms with Crippen LogP contribution in [0.2, 0.25) is 5.02 Å². The van der Waals surface area contributed by atoms with E-state index in [1.54, 1.807) is 6.07 Å². The number of halogens is 3. The fraction of sp³-hybridized carbons (Fsp3) is 0.462. The van der Waals surface area contributed by atoms with Gasteiger partial charge in [-0.05, 0) is 59.7 Å². The molecule has 0 saturated carbocycles. The highest BCUT2D eigenvalue weighted by molar-refractivity contribution is 14.1. The van der Waals surface area contributed by atoms with Crippen LogP contribution in [-0.2, 0) is 0 Å². The Hall–Kier alpha value is -0.0400. The molecule has 1 fully saturated rings. The smallest absolute Gasteiger partial charge is 0.251 e. The molecule has 1 aliphatic rings. The Balaban J connectivity index is 0.00000180. The molecular weight excluding hydrogens is 398 g/mol. The van der Waals surface area contributed by atoms with Crippen LogP contribution in [-0.4, -0.2) is 25.0 Å². The van der Waals surface area contributed by atoms with Crippen LogP contribution in [0.4, 0.5) is 0 Å². The summed E-state index contributed by atoms with van der Waals surface area (Å²) < 4.78 is 0.957. The van der Waals surface area contributed by atoms with E-state index in [0.29, 0.717) is 16.5 Å². The number of hydrogen-bond acceptors (Lipinski definition) is 2. The Kier molecular flexibility index (Phi) is 6.86. The Bertz CT molecular complexity index is 456. The van der Waals surface area contributed by atoms with Gasteiger partial charge in [0, 0.05) is 21.7 Å². The van der Waals surface area contributed by atoms with E-state index in [4.69, 9.17) is 11.6 Å². The standard InChI is InChI=1S/C13H16ClIN2O.ClH/c1-8-4-5-16-7-12(8)17-13(18)9-2-3-11(15)10(14)6-9;/h2-3,6,8,12,16H,4-5,7H2,1H3,(H,17,18);1H.